The van der Waals surface area contributed by atoms with Crippen LogP contribution in [0, 0.1) is 37.9 Å². The fourth-order valence-electron chi connectivity index (χ4n) is 3.30. The van der Waals surface area contributed by atoms with Crippen LogP contribution in [0.4, 0.5) is 10.1 Å². The van der Waals surface area contributed by atoms with Gasteiger partial charge in [0.2, 0.25) is 0 Å². The molecule has 0 amide bonds. The number of aryl methyl sites for hydroxylation is 1. The van der Waals surface area contributed by atoms with Gasteiger partial charge in [0, 0.05) is 24.1 Å². The third kappa shape index (κ3) is 9.64. The number of rotatable bonds is 6. The largest absolute Gasteiger partial charge is 0.392 e. The number of aliphatic hydroxyl groups is 1. The number of nitrogens with zero attached hydrogens (tertiary/aromatic N) is 1. The molecule has 2 fully saturated rings. The lowest BCUT2D eigenvalue weighted by Crippen LogP contribution is -2.20. The van der Waals surface area contributed by atoms with Crippen molar-refractivity contribution < 1.29 is 14.3 Å². The molecule has 0 aromatic heterocycles. The van der Waals surface area contributed by atoms with Gasteiger partial charge in [-0.3, -0.25) is 9.79 Å². The van der Waals surface area contributed by atoms with Gasteiger partial charge in [0.25, 0.3) is 0 Å². The number of ketones is 1. The van der Waals surface area contributed by atoms with Gasteiger partial charge < -0.3 is 5.11 Å². The molecule has 3 nitrogen and oxygen atoms in total. The Morgan fingerprint density at radius 2 is 1.71 bits per heavy atom. The summed E-state index contributed by atoms with van der Waals surface area (Å²) >= 11 is 0. The predicted molar refractivity (Wildman–Crippen MR) is 130 cm³/mol. The van der Waals surface area contributed by atoms with Crippen LogP contribution in [0.5, 0.6) is 0 Å². The average Bonchev–Trinajstić information content (AvgIpc) is 3.55. The Balaban J connectivity index is 0.000000256. The number of hydrogen-bond donors (Lipinski definition) is 1. The van der Waals surface area contributed by atoms with Crippen molar-refractivity contribution in [3.05, 3.63) is 28.6 Å². The maximum absolute atomic E-state index is 13.7. The Morgan fingerprint density at radius 3 is 2.10 bits per heavy atom. The highest BCUT2D eigenvalue weighted by atomic mass is 19.1. The normalized spacial score (nSPS) is 18.1. The van der Waals surface area contributed by atoms with Gasteiger partial charge in [0.1, 0.15) is 11.6 Å². The van der Waals surface area contributed by atoms with Crippen molar-refractivity contribution in [1.29, 1.82) is 0 Å². The summed E-state index contributed by atoms with van der Waals surface area (Å²) in [6.07, 6.45) is 8.08. The molecule has 0 radical (unpaired) electrons. The first-order valence-corrected chi connectivity index (χ1v) is 11.9. The zero-order chi connectivity index (χ0) is 23.8. The molecule has 2 aliphatic rings. The Labute approximate surface area is 189 Å². The number of aliphatic imine (C=N–C) groups is 1. The van der Waals surface area contributed by atoms with Gasteiger partial charge in [-0.2, -0.15) is 0 Å². The van der Waals surface area contributed by atoms with Crippen molar-refractivity contribution >= 4 is 17.2 Å². The van der Waals surface area contributed by atoms with Gasteiger partial charge in [-0.15, -0.1) is 0 Å². The summed E-state index contributed by atoms with van der Waals surface area (Å²) in [7, 11) is 0. The highest BCUT2D eigenvalue weighted by molar-refractivity contribution is 5.84. The molecule has 0 heterocycles. The quantitative estimate of drug-likeness (QED) is 0.470. The molecule has 2 aliphatic carbocycles. The van der Waals surface area contributed by atoms with Gasteiger partial charge in [0.15, 0.2) is 0 Å². The number of halogens is 1. The molecule has 0 saturated heterocycles. The van der Waals surface area contributed by atoms with E-state index in [0.29, 0.717) is 24.3 Å². The van der Waals surface area contributed by atoms with Crippen LogP contribution in [0.1, 0.15) is 103 Å². The molecule has 31 heavy (non-hydrogen) atoms. The lowest BCUT2D eigenvalue weighted by molar-refractivity contribution is -0.120. The second kappa shape index (κ2) is 12.5. The van der Waals surface area contributed by atoms with Crippen molar-refractivity contribution in [3.63, 3.8) is 0 Å². The minimum Gasteiger partial charge on any atom is -0.392 e. The summed E-state index contributed by atoms with van der Waals surface area (Å²) in [4.78, 5) is 15.2. The van der Waals surface area contributed by atoms with E-state index in [-0.39, 0.29) is 17.7 Å². The van der Waals surface area contributed by atoms with Gasteiger partial charge >= 0.3 is 0 Å². The Hall–Kier alpha value is -1.55. The molecule has 1 N–H and O–H groups in total. The molecule has 2 saturated carbocycles. The molecule has 3 rings (SSSR count). The molecule has 1 atom stereocenters. The lowest BCUT2D eigenvalue weighted by atomic mass is 9.72. The molecule has 1 aromatic carbocycles. The Kier molecular flexibility index (Phi) is 11.1. The van der Waals surface area contributed by atoms with E-state index in [4.69, 9.17) is 0 Å². The lowest BCUT2D eigenvalue weighted by Gasteiger charge is -2.33. The number of hydrogen-bond acceptors (Lipinski definition) is 3. The van der Waals surface area contributed by atoms with Crippen molar-refractivity contribution in [1.82, 2.24) is 0 Å². The second-order valence-electron chi connectivity index (χ2n) is 10.00. The van der Waals surface area contributed by atoms with Crippen LogP contribution in [-0.2, 0) is 4.79 Å². The number of benzene rings is 1. The molecule has 4 heteroatoms. The van der Waals surface area contributed by atoms with E-state index < -0.39 is 0 Å². The van der Waals surface area contributed by atoms with Crippen LogP contribution in [0.2, 0.25) is 0 Å². The van der Waals surface area contributed by atoms with Gasteiger partial charge in [0.05, 0.1) is 11.8 Å². The summed E-state index contributed by atoms with van der Waals surface area (Å²) in [5.74, 6) is 0.493. The molecule has 0 bridgehead atoms. The van der Waals surface area contributed by atoms with Gasteiger partial charge in [-0.05, 0) is 88.3 Å². The van der Waals surface area contributed by atoms with E-state index in [1.54, 1.807) is 13.8 Å². The van der Waals surface area contributed by atoms with Crippen LogP contribution in [0.25, 0.3) is 0 Å². The van der Waals surface area contributed by atoms with Crippen molar-refractivity contribution in [3.8, 4) is 0 Å². The average molecular weight is 434 g/mol. The molecule has 1 aromatic rings. The molecular weight excluding hydrogens is 389 g/mol. The van der Waals surface area contributed by atoms with Crippen LogP contribution < -0.4 is 0 Å². The monoisotopic (exact) mass is 433 g/mol. The fourth-order valence-corrected chi connectivity index (χ4v) is 3.30. The van der Waals surface area contributed by atoms with Crippen LogP contribution in [-0.4, -0.2) is 22.7 Å². The minimum atomic E-state index is -0.340. The molecule has 0 aliphatic heterocycles. The maximum Gasteiger partial charge on any atom is 0.135 e. The number of Topliss-reactive ketones (excluding diaryl/α,β-unsaturated/α-hetero) is 1. The third-order valence-corrected chi connectivity index (χ3v) is 6.51. The molecule has 0 spiro atoms. The van der Waals surface area contributed by atoms with E-state index >= 15 is 0 Å². The van der Waals surface area contributed by atoms with Crippen molar-refractivity contribution in [2.75, 3.05) is 0 Å². The smallest absolute Gasteiger partial charge is 0.135 e. The maximum atomic E-state index is 13.7. The standard InChI is InChI=1S/C13H18FN.C8H14O2.C6H12/c1-6-9(3)15-12-7-8(2)10(4)13(14)11(12)5;1-2-7(9)5-8(10)6-3-4-6;1-6(2)4-3-5-6/h7H,6H2,1-5H3;6,8,10H,2-5H2,1H3;3-5H2,1-2H3. The van der Waals surface area contributed by atoms with Crippen molar-refractivity contribution in [2.45, 2.75) is 113 Å². The van der Waals surface area contributed by atoms with Gasteiger partial charge in [-0.25, -0.2) is 4.39 Å². The van der Waals surface area contributed by atoms with Crippen LogP contribution in [0.15, 0.2) is 11.1 Å². The summed E-state index contributed by atoms with van der Waals surface area (Å²) in [6, 6.07) is 1.95. The number of carbonyl (C=O) groups is 1. The van der Waals surface area contributed by atoms with E-state index in [1.165, 1.54) is 19.3 Å². The number of carbonyl (C=O) groups excluding carboxylic acids is 1. The van der Waals surface area contributed by atoms with E-state index in [0.717, 1.165) is 47.2 Å². The van der Waals surface area contributed by atoms with E-state index in [9.17, 15) is 14.3 Å². The molecule has 176 valence electrons. The topological polar surface area (TPSA) is 49.7 Å². The molecule has 1 unspecified atom stereocenters. The highest BCUT2D eigenvalue weighted by Crippen LogP contribution is 2.39. The zero-order valence-corrected chi connectivity index (χ0v) is 21.1. The van der Waals surface area contributed by atoms with Crippen LogP contribution >= 0.6 is 0 Å². The Bertz CT molecular complexity index is 757. The summed E-state index contributed by atoms with van der Waals surface area (Å²) in [6.45, 7) is 16.0. The Morgan fingerprint density at radius 1 is 1.16 bits per heavy atom. The summed E-state index contributed by atoms with van der Waals surface area (Å²) < 4.78 is 13.7. The van der Waals surface area contributed by atoms with E-state index in [2.05, 4.69) is 18.8 Å². The minimum absolute atomic E-state index is 0.127. The first-order valence-electron chi connectivity index (χ1n) is 11.9. The van der Waals surface area contributed by atoms with Crippen molar-refractivity contribution in [2.24, 2.45) is 16.3 Å². The fraction of sp³-hybridized carbons (Fsp3) is 0.704. The van der Waals surface area contributed by atoms with Crippen LogP contribution in [0.3, 0.4) is 0 Å². The third-order valence-electron chi connectivity index (χ3n) is 6.51. The first kappa shape index (κ1) is 27.5. The van der Waals surface area contributed by atoms with E-state index in [1.807, 2.05) is 33.8 Å². The SMILES string of the molecule is CC1(C)CCC1.CCC(=O)CC(O)C1CC1.CCC(C)=Nc1cc(C)c(C)c(F)c1C. The summed E-state index contributed by atoms with van der Waals surface area (Å²) in [5, 5.41) is 9.27. The second-order valence-corrected chi connectivity index (χ2v) is 10.00. The first-order chi connectivity index (χ1) is 14.4. The highest BCUT2D eigenvalue weighted by Gasteiger charge is 2.30. The van der Waals surface area contributed by atoms with Gasteiger partial charge in [-0.1, -0.05) is 34.1 Å². The zero-order valence-electron chi connectivity index (χ0n) is 21.1. The predicted octanol–water partition coefficient (Wildman–Crippen LogP) is 7.58. The number of aliphatic hydroxyl groups excluding tert-OH is 1. The summed E-state index contributed by atoms with van der Waals surface area (Å²) in [5.41, 5.74) is 4.84. The molecular formula is C27H44FNO2.